The first kappa shape index (κ1) is 38.6. The minimum absolute atomic E-state index is 0.00341. The Balaban J connectivity index is 1.38. The van der Waals surface area contributed by atoms with Crippen LogP contribution in [0.2, 0.25) is 5.02 Å². The molecule has 7 rings (SSSR count). The summed E-state index contributed by atoms with van der Waals surface area (Å²) >= 11 is 7.97. The number of nitrogens with one attached hydrogen (secondary N) is 1. The molecule has 54 heavy (non-hydrogen) atoms. The van der Waals surface area contributed by atoms with Gasteiger partial charge in [0.05, 0.1) is 39.2 Å². The number of hydrogen-bond acceptors (Lipinski definition) is 10. The minimum Gasteiger partial charge on any atom is -0.461 e. The molecule has 2 aromatic rings. The maximum atomic E-state index is 17.5. The van der Waals surface area contributed by atoms with Crippen LogP contribution in [0.1, 0.15) is 63.5 Å². The average Bonchev–Trinajstić information content (AvgIpc) is 3.75. The number of nitriles is 1. The Bertz CT molecular complexity index is 2000. The molecule has 0 spiro atoms. The van der Waals surface area contributed by atoms with Crippen LogP contribution in [0.25, 0.3) is 10.9 Å². The van der Waals surface area contributed by atoms with E-state index in [9.17, 15) is 28.3 Å². The number of hydrogen-bond donors (Lipinski definition) is 2. The van der Waals surface area contributed by atoms with E-state index in [0.29, 0.717) is 18.5 Å². The van der Waals surface area contributed by atoms with Crippen LogP contribution in [0, 0.1) is 29.0 Å². The Morgan fingerprint density at radius 3 is 2.76 bits per heavy atom. The van der Waals surface area contributed by atoms with Crippen LogP contribution < -0.4 is 15.0 Å². The molecule has 1 aliphatic carbocycles. The number of aliphatic hydroxyl groups excluding tert-OH is 1. The fourth-order valence-corrected chi connectivity index (χ4v) is 9.99. The fraction of sp³-hybridized carbons (Fsp3) is 0.568. The van der Waals surface area contributed by atoms with E-state index in [1.807, 2.05) is 4.90 Å². The van der Waals surface area contributed by atoms with Gasteiger partial charge in [0.25, 0.3) is 6.43 Å². The molecule has 290 valence electrons. The van der Waals surface area contributed by atoms with Crippen molar-refractivity contribution >= 4 is 46.2 Å². The van der Waals surface area contributed by atoms with Gasteiger partial charge in [0.2, 0.25) is 0 Å². The normalized spacial score (nSPS) is 27.0. The summed E-state index contributed by atoms with van der Waals surface area (Å²) in [5.74, 6) is -4.32. The Labute approximate surface area is 318 Å². The van der Waals surface area contributed by atoms with Crippen LogP contribution in [-0.2, 0) is 11.2 Å². The zero-order valence-corrected chi connectivity index (χ0v) is 31.5. The summed E-state index contributed by atoms with van der Waals surface area (Å²) in [6.45, 7) is 4.92. The number of carbonyl (C=O) groups is 1. The predicted molar refractivity (Wildman–Crippen MR) is 193 cm³/mol. The number of nitrogens with zero attached hydrogens (tertiary/aromatic N) is 5. The van der Waals surface area contributed by atoms with Crippen molar-refractivity contribution in [3.8, 4) is 12.1 Å². The van der Waals surface area contributed by atoms with Gasteiger partial charge < -0.3 is 19.5 Å². The van der Waals surface area contributed by atoms with E-state index in [4.69, 9.17) is 21.1 Å². The van der Waals surface area contributed by atoms with Crippen LogP contribution in [0.3, 0.4) is 0 Å². The summed E-state index contributed by atoms with van der Waals surface area (Å²) in [5, 5.41) is 23.2. The number of thioether (sulfide) groups is 1. The number of amides is 1. The van der Waals surface area contributed by atoms with Gasteiger partial charge in [-0.2, -0.15) is 15.2 Å². The van der Waals surface area contributed by atoms with Crippen LogP contribution >= 0.6 is 23.4 Å². The Hall–Kier alpha value is -3.65. The molecule has 5 heterocycles. The third kappa shape index (κ3) is 7.12. The van der Waals surface area contributed by atoms with Crippen LogP contribution in [0.4, 0.5) is 32.6 Å². The number of alkyl halides is 3. The van der Waals surface area contributed by atoms with Crippen LogP contribution in [0.5, 0.6) is 6.01 Å². The van der Waals surface area contributed by atoms with Gasteiger partial charge in [-0.1, -0.05) is 29.4 Å². The largest absolute Gasteiger partial charge is 0.461 e. The lowest BCUT2D eigenvalue weighted by Crippen LogP contribution is -2.43. The number of fused-ring (bicyclic) bond motifs is 2. The highest BCUT2D eigenvalue weighted by molar-refractivity contribution is 8.07. The topological polar surface area (TPSA) is 124 Å². The zero-order valence-electron chi connectivity index (χ0n) is 29.9. The average molecular weight is 795 g/mol. The quantitative estimate of drug-likeness (QED) is 0.261. The molecule has 4 aliphatic heterocycles. The number of halogens is 6. The summed E-state index contributed by atoms with van der Waals surface area (Å²) in [5.41, 5.74) is -1.66. The molecule has 2 saturated heterocycles. The smallest absolute Gasteiger partial charge is 0.412 e. The number of anilines is 1. The van der Waals surface area contributed by atoms with Gasteiger partial charge in [0, 0.05) is 48.4 Å². The van der Waals surface area contributed by atoms with Crippen LogP contribution in [0.15, 0.2) is 33.5 Å². The lowest BCUT2D eigenvalue weighted by molar-refractivity contribution is 0.0550. The highest BCUT2D eigenvalue weighted by Crippen LogP contribution is 2.56. The maximum Gasteiger partial charge on any atom is 0.412 e. The van der Waals surface area contributed by atoms with E-state index in [0.717, 1.165) is 24.3 Å². The minimum atomic E-state index is -2.80. The standard InChI is InChI=1S/C37H40ClF5N6O4S/c1-36(2,3)53-35(51)47-33-22(13-44)25-20(5-6-23(40)31(25)54-33)26-28(38)21-11-18(16-50)7-10-48(15-24(41)42)32-27(21)30(29(26)43)45-34(46-32)52-17-37-8-4-9-49(37)14-19(39)12-37/h5-6,18-20,24-25,50H,4,7-12,14-17H2,1-3H3,(H,47,51). The summed E-state index contributed by atoms with van der Waals surface area (Å²) in [4.78, 5) is 25.2. The monoisotopic (exact) mass is 794 g/mol. The van der Waals surface area contributed by atoms with Crippen molar-refractivity contribution < 1.29 is 41.3 Å². The Kier molecular flexibility index (Phi) is 10.6. The van der Waals surface area contributed by atoms with Gasteiger partial charge in [0.15, 0.2) is 5.82 Å². The molecule has 0 saturated carbocycles. The van der Waals surface area contributed by atoms with Gasteiger partial charge in [-0.05, 0) is 70.6 Å². The maximum absolute atomic E-state index is 17.5. The number of rotatable bonds is 8. The SMILES string of the molecule is CC(C)(C)OC(=O)NC1=C(C#N)C2C(=C(F)C=CC2c2c(Cl)c3c4c(nc(OCC56CCCN5CC(F)C6)nc4c2F)N(CC(F)F)CCC(CO)C3)S1. The van der Waals surface area contributed by atoms with Gasteiger partial charge in [-0.15, -0.1) is 0 Å². The first-order valence-corrected chi connectivity index (χ1v) is 19.1. The Morgan fingerprint density at radius 2 is 2.06 bits per heavy atom. The molecule has 2 N–H and O–H groups in total. The van der Waals surface area contributed by atoms with E-state index in [2.05, 4.69) is 21.4 Å². The molecular formula is C37H40ClF5N6O4S. The van der Waals surface area contributed by atoms with E-state index in [1.165, 1.54) is 11.0 Å². The molecule has 1 aromatic heterocycles. The molecule has 1 amide bonds. The Morgan fingerprint density at radius 1 is 1.28 bits per heavy atom. The molecule has 0 bridgehead atoms. The third-order valence-corrected chi connectivity index (χ3v) is 12.4. The number of aliphatic hydroxyl groups is 1. The van der Waals surface area contributed by atoms with Crippen molar-refractivity contribution in [3.05, 3.63) is 55.5 Å². The number of carbonyl (C=O) groups excluding carboxylic acids is 1. The fourth-order valence-electron chi connectivity index (χ4n) is 8.42. The molecule has 2 fully saturated rings. The van der Waals surface area contributed by atoms with E-state index >= 15 is 8.78 Å². The predicted octanol–water partition coefficient (Wildman–Crippen LogP) is 7.46. The molecule has 5 atom stereocenters. The molecule has 5 aliphatic rings. The van der Waals surface area contributed by atoms with Crippen molar-refractivity contribution in [1.82, 2.24) is 20.2 Å². The zero-order chi connectivity index (χ0) is 38.7. The number of aromatic nitrogens is 2. The van der Waals surface area contributed by atoms with Gasteiger partial charge >= 0.3 is 12.1 Å². The van der Waals surface area contributed by atoms with Crippen molar-refractivity contribution in [2.24, 2.45) is 11.8 Å². The molecular weight excluding hydrogens is 755 g/mol. The first-order valence-electron chi connectivity index (χ1n) is 17.9. The molecule has 0 radical (unpaired) electrons. The summed E-state index contributed by atoms with van der Waals surface area (Å²) in [7, 11) is 0. The second-order valence-corrected chi connectivity index (χ2v) is 16.9. The number of ether oxygens (including phenoxy) is 2. The molecule has 10 nitrogen and oxygen atoms in total. The highest BCUT2D eigenvalue weighted by Gasteiger charge is 2.50. The molecule has 1 aromatic carbocycles. The molecule has 17 heteroatoms. The van der Waals surface area contributed by atoms with Crippen molar-refractivity contribution in [2.75, 3.05) is 44.3 Å². The number of allylic oxidation sites excluding steroid dienone is 5. The van der Waals surface area contributed by atoms with Gasteiger partial charge in [-0.3, -0.25) is 10.2 Å². The lowest BCUT2D eigenvalue weighted by atomic mass is 9.77. The summed E-state index contributed by atoms with van der Waals surface area (Å²) in [6, 6.07) is 1.77. The summed E-state index contributed by atoms with van der Waals surface area (Å²) in [6.07, 6.45) is -0.0512. The van der Waals surface area contributed by atoms with Gasteiger partial charge in [0.1, 0.15) is 35.5 Å². The first-order chi connectivity index (χ1) is 25.6. The second kappa shape index (κ2) is 14.8. The van der Waals surface area contributed by atoms with Crippen molar-refractivity contribution in [1.29, 1.82) is 5.26 Å². The third-order valence-electron chi connectivity index (χ3n) is 10.7. The van der Waals surface area contributed by atoms with Crippen molar-refractivity contribution in [2.45, 2.75) is 82.5 Å². The van der Waals surface area contributed by atoms with Crippen LogP contribution in [-0.4, -0.2) is 89.2 Å². The number of alkyl carbamates (subject to hydrolysis) is 1. The van der Waals surface area contributed by atoms with E-state index < -0.39 is 65.8 Å². The van der Waals surface area contributed by atoms with E-state index in [1.54, 1.807) is 20.8 Å². The summed E-state index contributed by atoms with van der Waals surface area (Å²) < 4.78 is 87.2. The molecule has 5 unspecified atom stereocenters. The van der Waals surface area contributed by atoms with E-state index in [-0.39, 0.29) is 94.4 Å². The highest BCUT2D eigenvalue weighted by atomic mass is 35.5. The second-order valence-electron chi connectivity index (χ2n) is 15.5. The number of benzene rings is 1. The van der Waals surface area contributed by atoms with Gasteiger partial charge in [-0.25, -0.2) is 26.7 Å². The van der Waals surface area contributed by atoms with Crippen molar-refractivity contribution in [3.63, 3.8) is 0 Å². The lowest BCUT2D eigenvalue weighted by Gasteiger charge is -2.33.